The van der Waals surface area contributed by atoms with Gasteiger partial charge in [0, 0.05) is 0 Å². The molecule has 0 amide bonds. The summed E-state index contributed by atoms with van der Waals surface area (Å²) in [5.41, 5.74) is 7.23. The Morgan fingerprint density at radius 3 is 1.71 bits per heavy atom. The minimum Gasteiger partial charge on any atom is -0.463 e. The fourth-order valence-corrected chi connectivity index (χ4v) is 4.60. The van der Waals surface area contributed by atoms with Crippen LogP contribution in [0, 0.1) is 0 Å². The molecule has 2 heterocycles. The van der Waals surface area contributed by atoms with Gasteiger partial charge in [0.05, 0.1) is 36.3 Å². The molecule has 4 nitrogen and oxygen atoms in total. The van der Waals surface area contributed by atoms with Gasteiger partial charge in [-0.1, -0.05) is 68.0 Å². The highest BCUT2D eigenvalue weighted by Crippen LogP contribution is 2.30. The highest BCUT2D eigenvalue weighted by molar-refractivity contribution is 5.79. The Balaban J connectivity index is 1.19. The van der Waals surface area contributed by atoms with Gasteiger partial charge in [0.2, 0.25) is 0 Å². The molecule has 0 aliphatic heterocycles. The van der Waals surface area contributed by atoms with Crippen molar-refractivity contribution in [3.63, 3.8) is 0 Å². The van der Waals surface area contributed by atoms with E-state index in [0.29, 0.717) is 11.8 Å². The second kappa shape index (κ2) is 12.2. The zero-order valence-electron chi connectivity index (χ0n) is 21.8. The van der Waals surface area contributed by atoms with Gasteiger partial charge in [0.25, 0.3) is 0 Å². The average molecular weight is 501 g/mol. The van der Waals surface area contributed by atoms with Crippen molar-refractivity contribution in [1.29, 1.82) is 0 Å². The summed E-state index contributed by atoms with van der Waals surface area (Å²) < 4.78 is 10.6. The zero-order valence-corrected chi connectivity index (χ0v) is 21.8. The molecule has 2 aromatic heterocycles. The van der Waals surface area contributed by atoms with Gasteiger partial charge in [0.15, 0.2) is 0 Å². The molecule has 4 aromatic rings. The zero-order chi connectivity index (χ0) is 26.2. The lowest BCUT2D eigenvalue weighted by Gasteiger charge is -2.17. The van der Waals surface area contributed by atoms with E-state index in [1.165, 1.54) is 22.3 Å². The fraction of sp³-hybridized carbons (Fsp3) is 0.176. The molecule has 5 rings (SSSR count). The summed E-state index contributed by atoms with van der Waals surface area (Å²) in [6.45, 7) is 4.51. The number of benzene rings is 2. The van der Waals surface area contributed by atoms with E-state index in [2.05, 4.69) is 96.7 Å². The Morgan fingerprint density at radius 2 is 1.21 bits per heavy atom. The molecule has 0 fully saturated rings. The van der Waals surface area contributed by atoms with Gasteiger partial charge >= 0.3 is 0 Å². The summed E-state index contributed by atoms with van der Waals surface area (Å²) in [6, 6.07) is 24.4. The van der Waals surface area contributed by atoms with Crippen LogP contribution in [0.1, 0.15) is 61.2 Å². The van der Waals surface area contributed by atoms with Crippen molar-refractivity contribution in [3.8, 4) is 0 Å². The third-order valence-corrected chi connectivity index (χ3v) is 6.70. The lowest BCUT2D eigenvalue weighted by molar-refractivity contribution is 0.560. The van der Waals surface area contributed by atoms with E-state index in [0.717, 1.165) is 35.7 Å². The van der Waals surface area contributed by atoms with Gasteiger partial charge in [-0.3, -0.25) is 9.98 Å². The molecule has 38 heavy (non-hydrogen) atoms. The number of hydrogen-bond acceptors (Lipinski definition) is 4. The van der Waals surface area contributed by atoms with Gasteiger partial charge in [-0.15, -0.1) is 0 Å². The first-order chi connectivity index (χ1) is 18.6. The maximum absolute atomic E-state index is 5.31. The van der Waals surface area contributed by atoms with E-state index >= 15 is 0 Å². The third kappa shape index (κ3) is 6.86. The van der Waals surface area contributed by atoms with E-state index in [1.54, 1.807) is 25.0 Å². The topological polar surface area (TPSA) is 51.0 Å². The molecule has 4 heteroatoms. The molecule has 2 unspecified atom stereocenters. The van der Waals surface area contributed by atoms with Gasteiger partial charge in [-0.25, -0.2) is 0 Å². The summed E-state index contributed by atoms with van der Waals surface area (Å²) >= 11 is 0. The van der Waals surface area contributed by atoms with Crippen LogP contribution in [0.4, 0.5) is 11.4 Å². The normalized spacial score (nSPS) is 17.6. The first-order valence-electron chi connectivity index (χ1n) is 13.0. The first-order valence-corrected chi connectivity index (χ1v) is 13.0. The largest absolute Gasteiger partial charge is 0.463 e. The quantitative estimate of drug-likeness (QED) is 0.179. The van der Waals surface area contributed by atoms with Crippen LogP contribution in [0.3, 0.4) is 0 Å². The molecule has 2 atom stereocenters. The molecule has 0 bridgehead atoms. The maximum atomic E-state index is 5.31. The van der Waals surface area contributed by atoms with Crippen LogP contribution in [-0.2, 0) is 0 Å². The van der Waals surface area contributed by atoms with Crippen LogP contribution < -0.4 is 0 Å². The van der Waals surface area contributed by atoms with Crippen LogP contribution >= 0.6 is 0 Å². The van der Waals surface area contributed by atoms with Gasteiger partial charge in [-0.05, 0) is 89.9 Å². The van der Waals surface area contributed by atoms with E-state index in [9.17, 15) is 0 Å². The van der Waals surface area contributed by atoms with E-state index in [4.69, 9.17) is 8.83 Å². The Morgan fingerprint density at radius 1 is 0.684 bits per heavy atom. The highest BCUT2D eigenvalue weighted by Gasteiger charge is 2.11. The number of furan rings is 2. The number of allylic oxidation sites excluding steroid dienone is 6. The summed E-state index contributed by atoms with van der Waals surface area (Å²) in [5.74, 6) is 2.17. The fourth-order valence-electron chi connectivity index (χ4n) is 4.60. The van der Waals surface area contributed by atoms with Crippen molar-refractivity contribution >= 4 is 23.8 Å². The predicted octanol–water partition coefficient (Wildman–Crippen LogP) is 9.48. The SMILES string of the molecule is CC(/C=C1/C=CC/C(=C\C(C)c2ccc(/N=C/c3ccco3)cc2)C1)c1ccc(/N=C/c2ccco2)cc1. The van der Waals surface area contributed by atoms with Gasteiger partial charge < -0.3 is 8.83 Å². The molecule has 1 aliphatic carbocycles. The summed E-state index contributed by atoms with van der Waals surface area (Å²) in [4.78, 5) is 8.98. The van der Waals surface area contributed by atoms with Crippen LogP contribution in [0.5, 0.6) is 0 Å². The number of nitrogens with zero attached hydrogens (tertiary/aromatic N) is 2. The first kappa shape index (κ1) is 25.2. The van der Waals surface area contributed by atoms with Crippen LogP contribution in [0.15, 0.2) is 140 Å². The average Bonchev–Trinajstić information content (AvgIpc) is 3.66. The van der Waals surface area contributed by atoms with E-state index in [1.807, 2.05) is 24.3 Å². The predicted molar refractivity (Wildman–Crippen MR) is 156 cm³/mol. The molecule has 2 aromatic carbocycles. The summed E-state index contributed by atoms with van der Waals surface area (Å²) in [5, 5.41) is 0. The molecule has 0 saturated heterocycles. The minimum absolute atomic E-state index is 0.323. The van der Waals surface area contributed by atoms with Crippen molar-refractivity contribution in [1.82, 2.24) is 0 Å². The summed E-state index contributed by atoms with van der Waals surface area (Å²) in [6.07, 6.45) is 18.1. The van der Waals surface area contributed by atoms with Gasteiger partial charge in [0.1, 0.15) is 11.5 Å². The number of aliphatic imine (C=N–C) groups is 2. The van der Waals surface area contributed by atoms with Crippen molar-refractivity contribution in [3.05, 3.63) is 143 Å². The second-order valence-corrected chi connectivity index (χ2v) is 9.66. The minimum atomic E-state index is 0.323. The maximum Gasteiger partial charge on any atom is 0.144 e. The standard InChI is InChI=1S/C34H32N2O2/c1-25(29-10-14-31(15-11-29)35-23-33-8-4-18-37-33)20-27-6-3-7-28(22-27)21-26(2)30-12-16-32(17-13-30)36-24-34-9-5-19-38-34/h3-6,8-21,23-26H,7,22H2,1-2H3/b27-20-,28-21+,35-23+,36-24+. The van der Waals surface area contributed by atoms with Crippen LogP contribution in [0.2, 0.25) is 0 Å². The highest BCUT2D eigenvalue weighted by atomic mass is 16.3. The van der Waals surface area contributed by atoms with E-state index in [-0.39, 0.29) is 0 Å². The van der Waals surface area contributed by atoms with Crippen LogP contribution in [-0.4, -0.2) is 12.4 Å². The third-order valence-electron chi connectivity index (χ3n) is 6.70. The van der Waals surface area contributed by atoms with Crippen LogP contribution in [0.25, 0.3) is 0 Å². The van der Waals surface area contributed by atoms with Crippen molar-refractivity contribution in [2.75, 3.05) is 0 Å². The smallest absolute Gasteiger partial charge is 0.144 e. The van der Waals surface area contributed by atoms with Crippen molar-refractivity contribution < 1.29 is 8.83 Å². The number of rotatable bonds is 8. The summed E-state index contributed by atoms with van der Waals surface area (Å²) in [7, 11) is 0. The molecular weight excluding hydrogens is 468 g/mol. The van der Waals surface area contributed by atoms with E-state index < -0.39 is 0 Å². The lowest BCUT2D eigenvalue weighted by atomic mass is 9.88. The Labute approximate surface area is 224 Å². The molecular formula is C34H32N2O2. The Kier molecular flexibility index (Phi) is 8.10. The molecule has 0 radical (unpaired) electrons. The van der Waals surface area contributed by atoms with Gasteiger partial charge in [-0.2, -0.15) is 0 Å². The molecule has 0 saturated carbocycles. The molecule has 0 N–H and O–H groups in total. The molecule has 1 aliphatic rings. The molecule has 190 valence electrons. The number of hydrogen-bond donors (Lipinski definition) is 0. The van der Waals surface area contributed by atoms with Crippen molar-refractivity contribution in [2.45, 2.75) is 38.5 Å². The Hall–Kier alpha value is -4.44. The monoisotopic (exact) mass is 500 g/mol. The molecule has 0 spiro atoms. The lowest BCUT2D eigenvalue weighted by Crippen LogP contribution is -1.98. The Bertz CT molecular complexity index is 1450. The van der Waals surface area contributed by atoms with Crippen molar-refractivity contribution in [2.24, 2.45) is 9.98 Å². The second-order valence-electron chi connectivity index (χ2n) is 9.66.